The Hall–Kier alpha value is -5.70. The Morgan fingerprint density at radius 2 is 1.59 bits per heavy atom. The summed E-state index contributed by atoms with van der Waals surface area (Å²) >= 11 is 0. The Kier molecular flexibility index (Phi) is 7.13. The van der Waals surface area contributed by atoms with Gasteiger partial charge in [-0.1, -0.05) is 78.9 Å². The summed E-state index contributed by atoms with van der Waals surface area (Å²) in [5.74, 6) is -0.820. The Bertz CT molecular complexity index is 1800. The van der Waals surface area contributed by atoms with E-state index in [-0.39, 0.29) is 17.1 Å². The molecule has 0 fully saturated rings. The fourth-order valence-corrected chi connectivity index (χ4v) is 3.89. The number of carbonyl (C=O) groups is 1. The Balaban J connectivity index is 1.58. The molecule has 190 valence electrons. The number of nitro groups is 1. The molecule has 39 heavy (non-hydrogen) atoms. The number of nitro benzene ring substituents is 1. The second-order valence-corrected chi connectivity index (χ2v) is 8.30. The highest BCUT2D eigenvalue weighted by Crippen LogP contribution is 2.30. The summed E-state index contributed by atoms with van der Waals surface area (Å²) in [4.78, 5) is 41.7. The van der Waals surface area contributed by atoms with E-state index in [0.29, 0.717) is 16.5 Å². The lowest BCUT2D eigenvalue weighted by molar-refractivity contribution is -0.385. The van der Waals surface area contributed by atoms with E-state index in [1.165, 1.54) is 36.6 Å². The number of esters is 1. The van der Waals surface area contributed by atoms with Crippen LogP contribution >= 0.6 is 0 Å². The van der Waals surface area contributed by atoms with Gasteiger partial charge in [0.1, 0.15) is 0 Å². The van der Waals surface area contributed by atoms with Gasteiger partial charge in [-0.05, 0) is 29.8 Å². The quantitative estimate of drug-likeness (QED) is 0.0707. The van der Waals surface area contributed by atoms with E-state index in [1.54, 1.807) is 48.5 Å². The first kappa shape index (κ1) is 25.0. The third-order valence-electron chi connectivity index (χ3n) is 5.73. The van der Waals surface area contributed by atoms with Gasteiger partial charge >= 0.3 is 11.7 Å². The van der Waals surface area contributed by atoms with E-state index in [0.717, 1.165) is 10.2 Å². The average Bonchev–Trinajstić information content (AvgIpc) is 2.97. The van der Waals surface area contributed by atoms with Gasteiger partial charge in [0.05, 0.1) is 22.0 Å². The third kappa shape index (κ3) is 5.52. The SMILES string of the molecule is O=C(/C=C/c1ccccc1)Oc1c(C=Nn2c(-c3ccccc3)nc3ccccc3c2=O)cccc1[N+](=O)[O-]. The van der Waals surface area contributed by atoms with Gasteiger partial charge in [0, 0.05) is 23.3 Å². The second-order valence-electron chi connectivity index (χ2n) is 8.30. The van der Waals surface area contributed by atoms with Crippen molar-refractivity contribution in [2.24, 2.45) is 5.10 Å². The average molecular weight is 517 g/mol. The molecule has 0 spiro atoms. The summed E-state index contributed by atoms with van der Waals surface area (Å²) in [7, 11) is 0. The van der Waals surface area contributed by atoms with E-state index in [1.807, 2.05) is 36.4 Å². The molecule has 4 aromatic carbocycles. The van der Waals surface area contributed by atoms with Crippen LogP contribution in [0.3, 0.4) is 0 Å². The van der Waals surface area contributed by atoms with Crippen LogP contribution in [0.4, 0.5) is 5.69 Å². The van der Waals surface area contributed by atoms with Gasteiger partial charge in [-0.3, -0.25) is 14.9 Å². The largest absolute Gasteiger partial charge is 0.415 e. The molecular weight excluding hydrogens is 496 g/mol. The number of aromatic nitrogens is 2. The highest BCUT2D eigenvalue weighted by atomic mass is 16.6. The molecule has 0 amide bonds. The number of benzene rings is 4. The van der Waals surface area contributed by atoms with E-state index in [2.05, 4.69) is 10.1 Å². The minimum atomic E-state index is -0.808. The molecule has 0 bridgehead atoms. The second kappa shape index (κ2) is 11.1. The van der Waals surface area contributed by atoms with E-state index in [4.69, 9.17) is 4.74 Å². The maximum atomic E-state index is 13.4. The van der Waals surface area contributed by atoms with Crippen molar-refractivity contribution in [2.75, 3.05) is 0 Å². The minimum absolute atomic E-state index is 0.129. The van der Waals surface area contributed by atoms with Crippen LogP contribution in [-0.4, -0.2) is 26.8 Å². The van der Waals surface area contributed by atoms with Crippen molar-refractivity contribution >= 4 is 34.9 Å². The monoisotopic (exact) mass is 516 g/mol. The van der Waals surface area contributed by atoms with Crippen molar-refractivity contribution in [3.8, 4) is 17.1 Å². The number of ether oxygens (including phenoxy) is 1. The smallest absolute Gasteiger partial charge is 0.336 e. The van der Waals surface area contributed by atoms with E-state index < -0.39 is 22.1 Å². The predicted molar refractivity (Wildman–Crippen MR) is 149 cm³/mol. The number of rotatable bonds is 7. The fraction of sp³-hybridized carbons (Fsp3) is 0. The molecule has 5 aromatic rings. The van der Waals surface area contributed by atoms with Gasteiger partial charge in [0.15, 0.2) is 5.82 Å². The Labute approximate surface area is 222 Å². The van der Waals surface area contributed by atoms with Crippen LogP contribution in [0.25, 0.3) is 28.4 Å². The number of nitrogens with zero attached hydrogens (tertiary/aromatic N) is 4. The van der Waals surface area contributed by atoms with Gasteiger partial charge < -0.3 is 4.74 Å². The molecule has 9 heteroatoms. The molecule has 5 rings (SSSR count). The van der Waals surface area contributed by atoms with Crippen LogP contribution in [0.5, 0.6) is 5.75 Å². The minimum Gasteiger partial charge on any atom is -0.415 e. The fourth-order valence-electron chi connectivity index (χ4n) is 3.89. The molecule has 0 N–H and O–H groups in total. The normalized spacial score (nSPS) is 11.3. The lowest BCUT2D eigenvalue weighted by Crippen LogP contribution is -2.20. The molecule has 1 heterocycles. The summed E-state index contributed by atoms with van der Waals surface area (Å²) in [6, 6.07) is 29.2. The predicted octanol–water partition coefficient (Wildman–Crippen LogP) is 5.47. The Morgan fingerprint density at radius 3 is 2.33 bits per heavy atom. The number of fused-ring (bicyclic) bond motifs is 1. The van der Waals surface area contributed by atoms with Crippen molar-refractivity contribution in [1.82, 2.24) is 9.66 Å². The maximum Gasteiger partial charge on any atom is 0.336 e. The first-order valence-electron chi connectivity index (χ1n) is 11.8. The molecule has 0 aliphatic rings. The number of carbonyl (C=O) groups excluding carboxylic acids is 1. The zero-order valence-corrected chi connectivity index (χ0v) is 20.4. The molecule has 9 nitrogen and oxygen atoms in total. The maximum absolute atomic E-state index is 13.4. The van der Waals surface area contributed by atoms with Crippen LogP contribution in [0, 0.1) is 10.1 Å². The summed E-state index contributed by atoms with van der Waals surface area (Å²) in [5, 5.41) is 16.4. The van der Waals surface area contributed by atoms with E-state index in [9.17, 15) is 19.7 Å². The lowest BCUT2D eigenvalue weighted by Gasteiger charge is -2.10. The summed E-state index contributed by atoms with van der Waals surface area (Å²) < 4.78 is 6.52. The van der Waals surface area contributed by atoms with Crippen molar-refractivity contribution in [1.29, 1.82) is 0 Å². The van der Waals surface area contributed by atoms with Crippen molar-refractivity contribution in [3.63, 3.8) is 0 Å². The summed E-state index contributed by atoms with van der Waals surface area (Å²) in [6.45, 7) is 0. The van der Waals surface area contributed by atoms with Gasteiger partial charge in [0.25, 0.3) is 5.56 Å². The highest BCUT2D eigenvalue weighted by molar-refractivity contribution is 5.93. The van der Waals surface area contributed by atoms with Gasteiger partial charge in [-0.15, -0.1) is 0 Å². The molecule has 0 aliphatic carbocycles. The molecule has 0 aliphatic heterocycles. The first-order chi connectivity index (χ1) is 19.0. The van der Waals surface area contributed by atoms with Crippen LogP contribution in [0.2, 0.25) is 0 Å². The topological polar surface area (TPSA) is 117 Å². The van der Waals surface area contributed by atoms with Crippen LogP contribution in [-0.2, 0) is 4.79 Å². The molecule has 0 atom stereocenters. The Morgan fingerprint density at radius 1 is 0.897 bits per heavy atom. The van der Waals surface area contributed by atoms with Crippen LogP contribution in [0.15, 0.2) is 119 Å². The summed E-state index contributed by atoms with van der Waals surface area (Å²) in [6.07, 6.45) is 3.95. The van der Waals surface area contributed by atoms with Gasteiger partial charge in [0.2, 0.25) is 5.75 Å². The zero-order valence-electron chi connectivity index (χ0n) is 20.4. The van der Waals surface area contributed by atoms with E-state index >= 15 is 0 Å². The zero-order chi connectivity index (χ0) is 27.2. The van der Waals surface area contributed by atoms with Crippen LogP contribution < -0.4 is 10.3 Å². The molecule has 0 saturated heterocycles. The molecule has 0 radical (unpaired) electrons. The summed E-state index contributed by atoms with van der Waals surface area (Å²) in [5.41, 5.74) is 1.19. The van der Waals surface area contributed by atoms with Crippen molar-refractivity contribution in [3.05, 3.63) is 141 Å². The molecular formula is C30H20N4O5. The van der Waals surface area contributed by atoms with Crippen molar-refractivity contribution in [2.45, 2.75) is 0 Å². The lowest BCUT2D eigenvalue weighted by atomic mass is 10.2. The third-order valence-corrected chi connectivity index (χ3v) is 5.73. The van der Waals surface area contributed by atoms with Gasteiger partial charge in [-0.25, -0.2) is 9.78 Å². The number of hydrogen-bond acceptors (Lipinski definition) is 7. The first-order valence-corrected chi connectivity index (χ1v) is 11.8. The number of hydrogen-bond donors (Lipinski definition) is 0. The van der Waals surface area contributed by atoms with Gasteiger partial charge in [-0.2, -0.15) is 9.78 Å². The van der Waals surface area contributed by atoms with Crippen LogP contribution in [0.1, 0.15) is 11.1 Å². The van der Waals surface area contributed by atoms with Crippen molar-refractivity contribution < 1.29 is 14.5 Å². The highest BCUT2D eigenvalue weighted by Gasteiger charge is 2.21. The molecule has 1 aromatic heterocycles. The molecule has 0 unspecified atom stereocenters. The standard InChI is InChI=1S/C30H20N4O5/c35-27(19-18-21-10-3-1-4-11-21)39-28-23(14-9-17-26(28)34(37)38)20-31-33-29(22-12-5-2-6-13-22)32-25-16-8-7-15-24(25)30(33)36/h1-20H/b19-18+,31-20?. The number of para-hydroxylation sites is 2. The molecule has 0 saturated carbocycles.